The fraction of sp³-hybridized carbons (Fsp3) is 0.250. The van der Waals surface area contributed by atoms with E-state index in [-0.39, 0.29) is 0 Å². The number of halogens is 1. The minimum absolute atomic E-state index is 0.588. The third-order valence-electron chi connectivity index (χ3n) is 1.87. The lowest BCUT2D eigenvalue weighted by atomic mass is 9.94. The van der Waals surface area contributed by atoms with Crippen molar-refractivity contribution in [3.8, 4) is 0 Å². The third kappa shape index (κ3) is 2.01. The van der Waals surface area contributed by atoms with Crippen LogP contribution in [0, 0.1) is 0 Å². The summed E-state index contributed by atoms with van der Waals surface area (Å²) in [5.41, 5.74) is -1.34. The molecule has 0 bridgehead atoms. The zero-order chi connectivity index (χ0) is 11.7. The van der Waals surface area contributed by atoms with Gasteiger partial charge in [0.2, 0.25) is 0 Å². The highest BCUT2D eigenvalue weighted by atomic mass is 35.5. The van der Waals surface area contributed by atoms with Gasteiger partial charge in [-0.05, 0) is 6.08 Å². The van der Waals surface area contributed by atoms with E-state index in [0.29, 0.717) is 0 Å². The Hall–Kier alpha value is -1.37. The fourth-order valence-electron chi connectivity index (χ4n) is 1.17. The van der Waals surface area contributed by atoms with Gasteiger partial charge in [-0.3, -0.25) is 0 Å². The zero-order valence-electron chi connectivity index (χ0n) is 7.22. The quantitative estimate of drug-likeness (QED) is 0.503. The largest absolute Gasteiger partial charge is 0.478 e. The average Bonchev–Trinajstić information content (AvgIpc) is 2.12. The zero-order valence-corrected chi connectivity index (χ0v) is 7.97. The summed E-state index contributed by atoms with van der Waals surface area (Å²) in [5.74, 6) is -3.10. The number of aliphatic hydroxyl groups is 2. The van der Waals surface area contributed by atoms with Crippen LogP contribution in [0.1, 0.15) is 0 Å². The maximum atomic E-state index is 10.7. The molecule has 1 rings (SSSR count). The van der Waals surface area contributed by atoms with E-state index in [9.17, 15) is 14.7 Å². The van der Waals surface area contributed by atoms with Crippen LogP contribution in [0.25, 0.3) is 0 Å². The fourth-order valence-corrected chi connectivity index (χ4v) is 1.48. The van der Waals surface area contributed by atoms with Gasteiger partial charge in [0, 0.05) is 0 Å². The molecule has 0 radical (unpaired) electrons. The van der Waals surface area contributed by atoms with Gasteiger partial charge in [-0.15, -0.1) is 0 Å². The lowest BCUT2D eigenvalue weighted by molar-refractivity contribution is -0.136. The van der Waals surface area contributed by atoms with Gasteiger partial charge in [0.15, 0.2) is 0 Å². The minimum atomic E-state index is -1.61. The summed E-state index contributed by atoms with van der Waals surface area (Å²) in [6.07, 6.45) is -2.39. The summed E-state index contributed by atoms with van der Waals surface area (Å²) in [4.78, 5) is 21.3. The second kappa shape index (κ2) is 4.01. The molecule has 1 aliphatic rings. The molecule has 0 saturated carbocycles. The molecule has 0 aromatic heterocycles. The SMILES string of the molecule is O=C(O)C1=C[C@H](O)[C@H](O)C(Cl)=C1C(=O)O. The Morgan fingerprint density at radius 1 is 1.20 bits per heavy atom. The van der Waals surface area contributed by atoms with E-state index in [1.807, 2.05) is 0 Å². The van der Waals surface area contributed by atoms with Crippen molar-refractivity contribution in [3.63, 3.8) is 0 Å². The van der Waals surface area contributed by atoms with Crippen LogP contribution >= 0.6 is 11.6 Å². The molecular formula is C8H7ClO6. The van der Waals surface area contributed by atoms with Gasteiger partial charge in [0.1, 0.15) is 12.2 Å². The normalized spacial score (nSPS) is 26.2. The number of aliphatic hydroxyl groups excluding tert-OH is 2. The molecule has 15 heavy (non-hydrogen) atoms. The third-order valence-corrected chi connectivity index (χ3v) is 2.29. The van der Waals surface area contributed by atoms with E-state index in [2.05, 4.69) is 0 Å². The van der Waals surface area contributed by atoms with E-state index >= 15 is 0 Å². The highest BCUT2D eigenvalue weighted by Gasteiger charge is 2.34. The van der Waals surface area contributed by atoms with Crippen LogP contribution in [-0.4, -0.2) is 44.6 Å². The lowest BCUT2D eigenvalue weighted by Crippen LogP contribution is -2.32. The topological polar surface area (TPSA) is 115 Å². The molecule has 6 nitrogen and oxygen atoms in total. The molecule has 0 heterocycles. The van der Waals surface area contributed by atoms with Crippen LogP contribution in [0.5, 0.6) is 0 Å². The summed E-state index contributed by atoms with van der Waals surface area (Å²) < 4.78 is 0. The molecule has 0 aliphatic heterocycles. The number of carboxylic acids is 2. The van der Waals surface area contributed by atoms with Gasteiger partial charge in [0.25, 0.3) is 0 Å². The summed E-state index contributed by atoms with van der Waals surface area (Å²) in [6, 6.07) is 0. The first-order chi connectivity index (χ1) is 6.86. The van der Waals surface area contributed by atoms with Crippen molar-refractivity contribution in [2.75, 3.05) is 0 Å². The number of aliphatic carboxylic acids is 2. The Bertz CT molecular complexity index is 383. The molecular weight excluding hydrogens is 228 g/mol. The van der Waals surface area contributed by atoms with Gasteiger partial charge >= 0.3 is 11.9 Å². The van der Waals surface area contributed by atoms with Crippen LogP contribution in [0.15, 0.2) is 22.3 Å². The Balaban J connectivity index is 3.32. The number of carbonyl (C=O) groups is 2. The maximum absolute atomic E-state index is 10.7. The Morgan fingerprint density at radius 2 is 1.73 bits per heavy atom. The van der Waals surface area contributed by atoms with Gasteiger partial charge in [-0.25, -0.2) is 9.59 Å². The first-order valence-electron chi connectivity index (χ1n) is 3.80. The number of hydrogen-bond donors (Lipinski definition) is 4. The van der Waals surface area contributed by atoms with E-state index < -0.39 is 40.3 Å². The van der Waals surface area contributed by atoms with Crippen molar-refractivity contribution in [1.82, 2.24) is 0 Å². The van der Waals surface area contributed by atoms with Gasteiger partial charge in [-0.1, -0.05) is 11.6 Å². The molecule has 0 aromatic rings. The van der Waals surface area contributed by atoms with Crippen molar-refractivity contribution >= 4 is 23.5 Å². The Labute approximate surface area is 88.7 Å². The molecule has 0 aromatic carbocycles. The molecule has 2 atom stereocenters. The molecule has 82 valence electrons. The van der Waals surface area contributed by atoms with E-state index in [4.69, 9.17) is 26.9 Å². The minimum Gasteiger partial charge on any atom is -0.478 e. The van der Waals surface area contributed by atoms with Crippen LogP contribution in [0.3, 0.4) is 0 Å². The second-order valence-corrected chi connectivity index (χ2v) is 3.26. The van der Waals surface area contributed by atoms with Gasteiger partial charge in [-0.2, -0.15) is 0 Å². The van der Waals surface area contributed by atoms with Gasteiger partial charge in [0.05, 0.1) is 16.2 Å². The van der Waals surface area contributed by atoms with E-state index in [1.165, 1.54) is 0 Å². The maximum Gasteiger partial charge on any atom is 0.337 e. The van der Waals surface area contributed by atoms with Crippen molar-refractivity contribution in [1.29, 1.82) is 0 Å². The second-order valence-electron chi connectivity index (χ2n) is 2.85. The molecule has 0 unspecified atom stereocenters. The molecule has 4 N–H and O–H groups in total. The van der Waals surface area contributed by atoms with E-state index in [0.717, 1.165) is 6.08 Å². The monoisotopic (exact) mass is 234 g/mol. The van der Waals surface area contributed by atoms with Crippen molar-refractivity contribution < 1.29 is 30.0 Å². The van der Waals surface area contributed by atoms with Crippen LogP contribution < -0.4 is 0 Å². The summed E-state index contributed by atoms with van der Waals surface area (Å²) in [7, 11) is 0. The summed E-state index contributed by atoms with van der Waals surface area (Å²) in [6.45, 7) is 0. The van der Waals surface area contributed by atoms with Gasteiger partial charge < -0.3 is 20.4 Å². The first kappa shape index (κ1) is 11.7. The van der Waals surface area contributed by atoms with Crippen LogP contribution in [0.2, 0.25) is 0 Å². The van der Waals surface area contributed by atoms with Crippen molar-refractivity contribution in [2.24, 2.45) is 0 Å². The first-order valence-corrected chi connectivity index (χ1v) is 4.18. The predicted octanol–water partition coefficient (Wildman–Crippen LogP) is -0.690. The smallest absolute Gasteiger partial charge is 0.337 e. The highest BCUT2D eigenvalue weighted by molar-refractivity contribution is 6.34. The molecule has 0 saturated heterocycles. The molecule has 0 amide bonds. The predicted molar refractivity (Wildman–Crippen MR) is 48.2 cm³/mol. The Kier molecular flexibility index (Phi) is 3.13. The van der Waals surface area contributed by atoms with Crippen molar-refractivity contribution in [2.45, 2.75) is 12.2 Å². The standard InChI is InChI=1S/C8H7ClO6/c9-5-4(8(14)15)2(7(12)13)1-3(10)6(5)11/h1,3,6,10-11H,(H,12,13)(H,14,15)/t3-,6-/m0/s1. The molecule has 0 fully saturated rings. The van der Waals surface area contributed by atoms with E-state index in [1.54, 1.807) is 0 Å². The highest BCUT2D eigenvalue weighted by Crippen LogP contribution is 2.29. The summed E-state index contributed by atoms with van der Waals surface area (Å²) in [5, 5.41) is 35.2. The van der Waals surface area contributed by atoms with Crippen LogP contribution in [0.4, 0.5) is 0 Å². The van der Waals surface area contributed by atoms with Crippen molar-refractivity contribution in [3.05, 3.63) is 22.3 Å². The molecule has 7 heteroatoms. The average molecular weight is 235 g/mol. The lowest BCUT2D eigenvalue weighted by Gasteiger charge is -2.22. The van der Waals surface area contributed by atoms with Crippen LogP contribution in [-0.2, 0) is 9.59 Å². The number of hydrogen-bond acceptors (Lipinski definition) is 4. The molecule has 0 spiro atoms. The summed E-state index contributed by atoms with van der Waals surface area (Å²) >= 11 is 5.45. The number of carboxylic acid groups (broad SMARTS) is 2. The number of rotatable bonds is 2. The molecule has 1 aliphatic carbocycles. The Morgan fingerprint density at radius 3 is 2.13 bits per heavy atom.